The SMILES string of the molecule is CC(C)(C)c1c[nH]c(=S)n1CCn1ccnn1. The van der Waals surface area contributed by atoms with Gasteiger partial charge in [-0.25, -0.2) is 0 Å². The Hall–Kier alpha value is -1.43. The average molecular weight is 251 g/mol. The summed E-state index contributed by atoms with van der Waals surface area (Å²) in [6.07, 6.45) is 5.53. The lowest BCUT2D eigenvalue weighted by molar-refractivity contribution is 0.467. The highest BCUT2D eigenvalue weighted by Crippen LogP contribution is 2.22. The molecule has 0 saturated heterocycles. The number of hydrogen-bond donors (Lipinski definition) is 1. The molecule has 0 aliphatic carbocycles. The molecule has 0 radical (unpaired) electrons. The van der Waals surface area contributed by atoms with Crippen molar-refractivity contribution in [2.45, 2.75) is 39.3 Å². The van der Waals surface area contributed by atoms with Gasteiger partial charge in [-0.2, -0.15) is 0 Å². The molecule has 6 heteroatoms. The number of aromatic nitrogens is 5. The van der Waals surface area contributed by atoms with Gasteiger partial charge in [0.15, 0.2) is 4.77 Å². The molecule has 0 atom stereocenters. The average Bonchev–Trinajstić information content (AvgIpc) is 2.83. The molecule has 17 heavy (non-hydrogen) atoms. The normalized spacial score (nSPS) is 11.9. The van der Waals surface area contributed by atoms with Gasteiger partial charge < -0.3 is 9.55 Å². The number of hydrogen-bond acceptors (Lipinski definition) is 3. The summed E-state index contributed by atoms with van der Waals surface area (Å²) in [4.78, 5) is 3.11. The zero-order chi connectivity index (χ0) is 12.5. The van der Waals surface area contributed by atoms with Gasteiger partial charge in [0.1, 0.15) is 0 Å². The number of aromatic amines is 1. The molecule has 0 fully saturated rings. The standard InChI is InChI=1S/C11H17N5S/c1-11(2,3)9-8-12-10(17)16(9)7-6-15-5-4-13-14-15/h4-5,8H,6-7H2,1-3H3,(H,12,17). The Kier molecular flexibility index (Phi) is 3.15. The molecule has 0 aliphatic rings. The lowest BCUT2D eigenvalue weighted by atomic mass is 9.92. The molecule has 1 N–H and O–H groups in total. The molecule has 0 amide bonds. The minimum Gasteiger partial charge on any atom is -0.337 e. The Morgan fingerprint density at radius 2 is 2.12 bits per heavy atom. The molecular formula is C11H17N5S. The largest absolute Gasteiger partial charge is 0.337 e. The lowest BCUT2D eigenvalue weighted by Crippen LogP contribution is -2.19. The number of imidazole rings is 1. The molecule has 2 aromatic rings. The van der Waals surface area contributed by atoms with Gasteiger partial charge in [0.2, 0.25) is 0 Å². The Labute approximate surface area is 105 Å². The number of nitrogens with one attached hydrogen (secondary N) is 1. The van der Waals surface area contributed by atoms with Gasteiger partial charge in [0.05, 0.1) is 12.7 Å². The van der Waals surface area contributed by atoms with Crippen molar-refractivity contribution in [2.24, 2.45) is 0 Å². The van der Waals surface area contributed by atoms with Crippen LogP contribution in [0.25, 0.3) is 0 Å². The van der Waals surface area contributed by atoms with Crippen LogP contribution in [0, 0.1) is 4.77 Å². The summed E-state index contributed by atoms with van der Waals surface area (Å²) in [5.41, 5.74) is 1.29. The first-order valence-corrected chi connectivity index (χ1v) is 6.02. The van der Waals surface area contributed by atoms with E-state index in [2.05, 4.69) is 40.6 Å². The maximum atomic E-state index is 5.30. The smallest absolute Gasteiger partial charge is 0.177 e. The maximum absolute atomic E-state index is 5.30. The van der Waals surface area contributed by atoms with Gasteiger partial charge in [-0.1, -0.05) is 26.0 Å². The third-order valence-electron chi connectivity index (χ3n) is 2.66. The quantitative estimate of drug-likeness (QED) is 0.850. The van der Waals surface area contributed by atoms with Crippen LogP contribution in [0.15, 0.2) is 18.6 Å². The highest BCUT2D eigenvalue weighted by molar-refractivity contribution is 7.71. The minimum absolute atomic E-state index is 0.0793. The van der Waals surface area contributed by atoms with Gasteiger partial charge in [-0.15, -0.1) is 5.10 Å². The number of nitrogens with zero attached hydrogens (tertiary/aromatic N) is 4. The number of H-pyrrole nitrogens is 1. The van der Waals surface area contributed by atoms with Crippen molar-refractivity contribution in [3.63, 3.8) is 0 Å². The van der Waals surface area contributed by atoms with Crippen LogP contribution in [0.4, 0.5) is 0 Å². The lowest BCUT2D eigenvalue weighted by Gasteiger charge is -2.20. The predicted octanol–water partition coefficient (Wildman–Crippen LogP) is 2.13. The van der Waals surface area contributed by atoms with Gasteiger partial charge in [0, 0.05) is 30.0 Å². The van der Waals surface area contributed by atoms with Crippen molar-refractivity contribution in [1.82, 2.24) is 24.5 Å². The van der Waals surface area contributed by atoms with Crippen LogP contribution in [0.5, 0.6) is 0 Å². The van der Waals surface area contributed by atoms with Crippen LogP contribution in [0.3, 0.4) is 0 Å². The van der Waals surface area contributed by atoms with Crippen molar-refractivity contribution in [1.29, 1.82) is 0 Å². The number of rotatable bonds is 3. The zero-order valence-electron chi connectivity index (χ0n) is 10.3. The molecule has 5 nitrogen and oxygen atoms in total. The summed E-state index contributed by atoms with van der Waals surface area (Å²) < 4.78 is 4.69. The first-order valence-electron chi connectivity index (χ1n) is 5.61. The van der Waals surface area contributed by atoms with Crippen molar-refractivity contribution < 1.29 is 0 Å². The van der Waals surface area contributed by atoms with Crippen LogP contribution in [0.1, 0.15) is 26.5 Å². The van der Waals surface area contributed by atoms with Crippen LogP contribution in [0.2, 0.25) is 0 Å². The first kappa shape index (κ1) is 12.0. The van der Waals surface area contributed by atoms with Crippen molar-refractivity contribution in [3.8, 4) is 0 Å². The maximum Gasteiger partial charge on any atom is 0.177 e. The topological polar surface area (TPSA) is 51.4 Å². The van der Waals surface area contributed by atoms with E-state index in [0.717, 1.165) is 17.9 Å². The van der Waals surface area contributed by atoms with Crippen LogP contribution in [-0.4, -0.2) is 24.5 Å². The molecule has 0 unspecified atom stereocenters. The molecule has 0 bridgehead atoms. The monoisotopic (exact) mass is 251 g/mol. The molecule has 2 aromatic heterocycles. The fraction of sp³-hybridized carbons (Fsp3) is 0.545. The molecule has 0 aromatic carbocycles. The summed E-state index contributed by atoms with van der Waals surface area (Å²) in [7, 11) is 0. The summed E-state index contributed by atoms with van der Waals surface area (Å²) in [5, 5.41) is 7.73. The van der Waals surface area contributed by atoms with E-state index < -0.39 is 0 Å². The molecular weight excluding hydrogens is 234 g/mol. The van der Waals surface area contributed by atoms with E-state index in [1.807, 2.05) is 12.4 Å². The minimum atomic E-state index is 0.0793. The van der Waals surface area contributed by atoms with Gasteiger partial charge >= 0.3 is 0 Å². The van der Waals surface area contributed by atoms with E-state index in [9.17, 15) is 0 Å². The second-order valence-corrected chi connectivity index (χ2v) is 5.43. The molecule has 92 valence electrons. The summed E-state index contributed by atoms with van der Waals surface area (Å²) in [5.74, 6) is 0. The third kappa shape index (κ3) is 2.63. The Bertz CT molecular complexity index is 529. The van der Waals surface area contributed by atoms with Gasteiger partial charge in [-0.3, -0.25) is 4.68 Å². The van der Waals surface area contributed by atoms with E-state index in [-0.39, 0.29) is 5.41 Å². The molecule has 0 aliphatic heterocycles. The van der Waals surface area contributed by atoms with Gasteiger partial charge in [0.25, 0.3) is 0 Å². The fourth-order valence-corrected chi connectivity index (χ4v) is 2.04. The summed E-state index contributed by atoms with van der Waals surface area (Å²) in [6, 6.07) is 0. The molecule has 2 heterocycles. The second kappa shape index (κ2) is 4.44. The van der Waals surface area contributed by atoms with Crippen LogP contribution >= 0.6 is 12.2 Å². The van der Waals surface area contributed by atoms with Crippen molar-refractivity contribution in [2.75, 3.05) is 0 Å². The van der Waals surface area contributed by atoms with Crippen molar-refractivity contribution in [3.05, 3.63) is 29.1 Å². The predicted molar refractivity (Wildman–Crippen MR) is 68.3 cm³/mol. The van der Waals surface area contributed by atoms with E-state index in [4.69, 9.17) is 12.2 Å². The van der Waals surface area contributed by atoms with E-state index in [1.54, 1.807) is 10.9 Å². The number of aryl methyl sites for hydroxylation is 1. The Balaban J connectivity index is 2.21. The highest BCUT2D eigenvalue weighted by atomic mass is 32.1. The first-order chi connectivity index (χ1) is 7.98. The van der Waals surface area contributed by atoms with Crippen LogP contribution in [-0.2, 0) is 18.5 Å². The van der Waals surface area contributed by atoms with Crippen LogP contribution < -0.4 is 0 Å². The highest BCUT2D eigenvalue weighted by Gasteiger charge is 2.18. The molecule has 2 rings (SSSR count). The summed E-state index contributed by atoms with van der Waals surface area (Å²) >= 11 is 5.30. The molecule has 0 spiro atoms. The Morgan fingerprint density at radius 1 is 1.35 bits per heavy atom. The van der Waals surface area contributed by atoms with E-state index in [0.29, 0.717) is 0 Å². The fourth-order valence-electron chi connectivity index (χ4n) is 1.79. The Morgan fingerprint density at radius 3 is 2.71 bits per heavy atom. The summed E-state index contributed by atoms with van der Waals surface area (Å²) in [6.45, 7) is 8.11. The molecule has 0 saturated carbocycles. The second-order valence-electron chi connectivity index (χ2n) is 5.05. The zero-order valence-corrected chi connectivity index (χ0v) is 11.2. The van der Waals surface area contributed by atoms with E-state index in [1.165, 1.54) is 5.69 Å². The van der Waals surface area contributed by atoms with Gasteiger partial charge in [-0.05, 0) is 12.2 Å². The van der Waals surface area contributed by atoms with Crippen molar-refractivity contribution >= 4 is 12.2 Å². The third-order valence-corrected chi connectivity index (χ3v) is 3.00. The van der Waals surface area contributed by atoms with E-state index >= 15 is 0 Å².